The summed E-state index contributed by atoms with van der Waals surface area (Å²) in [5, 5.41) is 8.33. The summed E-state index contributed by atoms with van der Waals surface area (Å²) in [7, 11) is 0. The molecule has 8 heteroatoms. The van der Waals surface area contributed by atoms with Gasteiger partial charge in [0.25, 0.3) is 0 Å². The number of hydrogen-bond donors (Lipinski definition) is 3. The van der Waals surface area contributed by atoms with E-state index in [4.69, 9.17) is 9.52 Å². The fourth-order valence-electron chi connectivity index (χ4n) is 0.907. The van der Waals surface area contributed by atoms with E-state index in [9.17, 15) is 14.4 Å². The first-order chi connectivity index (χ1) is 7.99. The van der Waals surface area contributed by atoms with Crippen LogP contribution in [-0.4, -0.2) is 22.9 Å². The van der Waals surface area contributed by atoms with Gasteiger partial charge in [-0.15, -0.1) is 0 Å². The summed E-state index contributed by atoms with van der Waals surface area (Å²) in [4.78, 5) is 32.6. The second-order valence-electron chi connectivity index (χ2n) is 3.00. The van der Waals surface area contributed by atoms with Gasteiger partial charge < -0.3 is 9.52 Å². The van der Waals surface area contributed by atoms with Crippen molar-refractivity contribution in [1.29, 1.82) is 0 Å². The van der Waals surface area contributed by atoms with E-state index in [2.05, 4.69) is 26.8 Å². The molecule has 0 unspecified atom stereocenters. The zero-order chi connectivity index (χ0) is 12.8. The number of carboxylic acid groups (broad SMARTS) is 1. The molecule has 2 amide bonds. The van der Waals surface area contributed by atoms with E-state index in [0.29, 0.717) is 4.67 Å². The summed E-state index contributed by atoms with van der Waals surface area (Å²) < 4.78 is 5.32. The second-order valence-corrected chi connectivity index (χ2v) is 3.78. The molecule has 0 atom stereocenters. The second kappa shape index (κ2) is 6.04. The molecule has 0 bridgehead atoms. The van der Waals surface area contributed by atoms with Crippen LogP contribution in [0.3, 0.4) is 0 Å². The van der Waals surface area contributed by atoms with Crippen LogP contribution in [0.4, 0.5) is 0 Å². The van der Waals surface area contributed by atoms with Gasteiger partial charge in [-0.05, 0) is 28.1 Å². The number of carbonyl (C=O) groups excluding carboxylic acids is 2. The minimum Gasteiger partial charge on any atom is -0.481 e. The lowest BCUT2D eigenvalue weighted by atomic mass is 10.3. The van der Waals surface area contributed by atoms with Gasteiger partial charge in [0.05, 0.1) is 6.42 Å². The van der Waals surface area contributed by atoms with Crippen molar-refractivity contribution in [2.45, 2.75) is 12.8 Å². The molecule has 1 heterocycles. The van der Waals surface area contributed by atoms with Crippen LogP contribution in [0, 0.1) is 0 Å². The summed E-state index contributed by atoms with van der Waals surface area (Å²) in [6, 6.07) is 2.95. The number of carboxylic acids is 1. The standard InChI is InChI=1S/C9H9BrN2O5/c10-6-2-1-5(17-6)9(16)12-11-7(13)3-4-8(14)15/h1-2H,3-4H2,(H,11,13)(H,12,16)(H,14,15). The van der Waals surface area contributed by atoms with Gasteiger partial charge in [-0.2, -0.15) is 0 Å². The van der Waals surface area contributed by atoms with Crippen molar-refractivity contribution in [2.75, 3.05) is 0 Å². The van der Waals surface area contributed by atoms with Crippen LogP contribution in [0.25, 0.3) is 0 Å². The van der Waals surface area contributed by atoms with Crippen molar-refractivity contribution in [2.24, 2.45) is 0 Å². The molecule has 0 aliphatic rings. The Morgan fingerprint density at radius 1 is 1.24 bits per heavy atom. The molecule has 7 nitrogen and oxygen atoms in total. The summed E-state index contributed by atoms with van der Waals surface area (Å²) in [6.07, 6.45) is -0.508. The van der Waals surface area contributed by atoms with Gasteiger partial charge in [0.1, 0.15) is 0 Å². The highest BCUT2D eigenvalue weighted by Crippen LogP contribution is 2.13. The number of halogens is 1. The van der Waals surface area contributed by atoms with E-state index in [0.717, 1.165) is 0 Å². The zero-order valence-electron chi connectivity index (χ0n) is 8.53. The molecule has 1 aromatic heterocycles. The largest absolute Gasteiger partial charge is 0.481 e. The fourth-order valence-corrected chi connectivity index (χ4v) is 1.21. The Morgan fingerprint density at radius 2 is 1.94 bits per heavy atom. The lowest BCUT2D eigenvalue weighted by Gasteiger charge is -2.04. The van der Waals surface area contributed by atoms with Crippen molar-refractivity contribution < 1.29 is 23.9 Å². The molecular weight excluding hydrogens is 296 g/mol. The zero-order valence-corrected chi connectivity index (χ0v) is 10.1. The minimum absolute atomic E-state index is 0.0235. The number of aliphatic carboxylic acids is 1. The molecule has 0 aromatic carbocycles. The molecule has 1 rings (SSSR count). The third-order valence-electron chi connectivity index (χ3n) is 1.68. The van der Waals surface area contributed by atoms with E-state index >= 15 is 0 Å². The summed E-state index contributed by atoms with van der Waals surface area (Å²) in [5.41, 5.74) is 4.16. The Labute approximate surface area is 104 Å². The Hall–Kier alpha value is -1.83. The molecule has 0 saturated carbocycles. The first-order valence-corrected chi connectivity index (χ1v) is 5.34. The summed E-state index contributed by atoms with van der Waals surface area (Å²) >= 11 is 3.02. The molecule has 92 valence electrons. The van der Waals surface area contributed by atoms with E-state index in [1.54, 1.807) is 0 Å². The number of nitrogens with one attached hydrogen (secondary N) is 2. The number of carbonyl (C=O) groups is 3. The molecule has 0 saturated heterocycles. The predicted molar refractivity (Wildman–Crippen MR) is 58.9 cm³/mol. The maximum atomic E-state index is 11.3. The fraction of sp³-hybridized carbons (Fsp3) is 0.222. The maximum Gasteiger partial charge on any atom is 0.305 e. The Morgan fingerprint density at radius 3 is 2.47 bits per heavy atom. The number of furan rings is 1. The third kappa shape index (κ3) is 4.68. The first-order valence-electron chi connectivity index (χ1n) is 4.55. The predicted octanol–water partition coefficient (Wildman–Crippen LogP) is 0.668. The van der Waals surface area contributed by atoms with Crippen LogP contribution in [0.1, 0.15) is 23.4 Å². The molecule has 1 aromatic rings. The van der Waals surface area contributed by atoms with Crippen molar-refractivity contribution >= 4 is 33.7 Å². The molecule has 0 aliphatic carbocycles. The number of hydrogen-bond acceptors (Lipinski definition) is 4. The average molecular weight is 305 g/mol. The van der Waals surface area contributed by atoms with Crippen LogP contribution < -0.4 is 10.9 Å². The van der Waals surface area contributed by atoms with Gasteiger partial charge in [0.2, 0.25) is 5.91 Å². The van der Waals surface area contributed by atoms with Gasteiger partial charge in [0.15, 0.2) is 10.4 Å². The molecule has 3 N–H and O–H groups in total. The van der Waals surface area contributed by atoms with Crippen LogP contribution in [0.2, 0.25) is 0 Å². The Bertz CT molecular complexity index is 442. The monoisotopic (exact) mass is 304 g/mol. The van der Waals surface area contributed by atoms with Gasteiger partial charge in [0, 0.05) is 6.42 Å². The van der Waals surface area contributed by atoms with E-state index in [1.165, 1.54) is 12.1 Å². The molecule has 0 fully saturated rings. The normalized spacial score (nSPS) is 9.71. The molecular formula is C9H9BrN2O5. The van der Waals surface area contributed by atoms with E-state index in [-0.39, 0.29) is 18.6 Å². The van der Waals surface area contributed by atoms with Gasteiger partial charge >= 0.3 is 11.9 Å². The van der Waals surface area contributed by atoms with Crippen LogP contribution >= 0.6 is 15.9 Å². The van der Waals surface area contributed by atoms with Crippen LogP contribution in [-0.2, 0) is 9.59 Å². The maximum absolute atomic E-state index is 11.3. The molecule has 0 radical (unpaired) electrons. The van der Waals surface area contributed by atoms with Crippen LogP contribution in [0.5, 0.6) is 0 Å². The minimum atomic E-state index is -1.08. The van der Waals surface area contributed by atoms with Gasteiger partial charge in [-0.3, -0.25) is 25.2 Å². The van der Waals surface area contributed by atoms with Crippen molar-refractivity contribution in [1.82, 2.24) is 10.9 Å². The summed E-state index contributed by atoms with van der Waals surface area (Å²) in [6.45, 7) is 0. The Balaban J connectivity index is 2.33. The molecule has 0 aliphatic heterocycles. The quantitative estimate of drug-likeness (QED) is 0.708. The SMILES string of the molecule is O=C(O)CCC(=O)NNC(=O)c1ccc(Br)o1. The first kappa shape index (κ1) is 13.2. The smallest absolute Gasteiger partial charge is 0.305 e. The lowest BCUT2D eigenvalue weighted by molar-refractivity contribution is -0.138. The highest BCUT2D eigenvalue weighted by molar-refractivity contribution is 9.10. The van der Waals surface area contributed by atoms with Crippen LogP contribution in [0.15, 0.2) is 21.2 Å². The molecule has 0 spiro atoms. The van der Waals surface area contributed by atoms with Gasteiger partial charge in [-0.25, -0.2) is 0 Å². The average Bonchev–Trinajstić information content (AvgIpc) is 2.70. The lowest BCUT2D eigenvalue weighted by Crippen LogP contribution is -2.41. The van der Waals surface area contributed by atoms with Crippen molar-refractivity contribution in [3.05, 3.63) is 22.6 Å². The summed E-state index contributed by atoms with van der Waals surface area (Å²) in [5.74, 6) is -2.28. The van der Waals surface area contributed by atoms with Crippen molar-refractivity contribution in [3.63, 3.8) is 0 Å². The van der Waals surface area contributed by atoms with Gasteiger partial charge in [-0.1, -0.05) is 0 Å². The number of rotatable bonds is 4. The third-order valence-corrected chi connectivity index (χ3v) is 2.10. The van der Waals surface area contributed by atoms with Crippen molar-refractivity contribution in [3.8, 4) is 0 Å². The molecule has 17 heavy (non-hydrogen) atoms. The number of amides is 2. The highest BCUT2D eigenvalue weighted by atomic mass is 79.9. The number of hydrazine groups is 1. The topological polar surface area (TPSA) is 109 Å². The van der Waals surface area contributed by atoms with E-state index in [1.807, 2.05) is 0 Å². The Kier molecular flexibility index (Phi) is 4.70. The highest BCUT2D eigenvalue weighted by Gasteiger charge is 2.11. The van der Waals surface area contributed by atoms with E-state index < -0.39 is 17.8 Å².